The maximum atomic E-state index is 13.9. The Kier molecular flexibility index (Phi) is 9.19. The Hall–Kier alpha value is -1.39. The second kappa shape index (κ2) is 11.7. The van der Waals surface area contributed by atoms with Gasteiger partial charge in [0.15, 0.2) is 0 Å². The minimum absolute atomic E-state index is 0.0458. The Labute approximate surface area is 189 Å². The highest BCUT2D eigenvalue weighted by atomic mass is 19.4. The fourth-order valence-corrected chi connectivity index (χ4v) is 5.85. The third-order valence-electron chi connectivity index (χ3n) is 7.83. The van der Waals surface area contributed by atoms with Crippen molar-refractivity contribution in [3.63, 3.8) is 0 Å². The van der Waals surface area contributed by atoms with Crippen LogP contribution in [0.1, 0.15) is 107 Å². The van der Waals surface area contributed by atoms with Crippen molar-refractivity contribution in [2.24, 2.45) is 17.8 Å². The van der Waals surface area contributed by atoms with Crippen LogP contribution >= 0.6 is 0 Å². The van der Waals surface area contributed by atoms with E-state index in [0.29, 0.717) is 11.5 Å². The summed E-state index contributed by atoms with van der Waals surface area (Å²) in [4.78, 5) is 0. The minimum atomic E-state index is -5.00. The smallest absolute Gasteiger partial charge is 0.206 e. The Bertz CT molecular complexity index is 712. The first-order valence-corrected chi connectivity index (χ1v) is 12.4. The molecule has 1 aromatic carbocycles. The monoisotopic (exact) mass is 456 g/mol. The summed E-state index contributed by atoms with van der Waals surface area (Å²) in [7, 11) is 0. The van der Waals surface area contributed by atoms with E-state index >= 15 is 0 Å². The number of benzene rings is 1. The van der Waals surface area contributed by atoms with Gasteiger partial charge in [-0.25, -0.2) is 8.78 Å². The van der Waals surface area contributed by atoms with Crippen LogP contribution in [0.25, 0.3) is 0 Å². The molecule has 2 aliphatic rings. The molecule has 0 radical (unpaired) electrons. The SMILES string of the molecule is C/C=C/CCC[C@H]1CC[C@H](CC[C@H]2CC[C@H](c3cc(F)c(C(F)(F)F)c(F)c3)CC2)CC1. The molecule has 0 unspecified atom stereocenters. The van der Waals surface area contributed by atoms with Crippen LogP contribution in [-0.4, -0.2) is 0 Å². The summed E-state index contributed by atoms with van der Waals surface area (Å²) < 4.78 is 66.3. The average molecular weight is 457 g/mol. The summed E-state index contributed by atoms with van der Waals surface area (Å²) in [6.07, 6.45) is 14.7. The van der Waals surface area contributed by atoms with E-state index in [-0.39, 0.29) is 5.92 Å². The first-order chi connectivity index (χ1) is 15.3. The van der Waals surface area contributed by atoms with E-state index in [1.165, 1.54) is 57.8 Å². The molecule has 2 fully saturated rings. The van der Waals surface area contributed by atoms with Gasteiger partial charge in [0.25, 0.3) is 0 Å². The van der Waals surface area contributed by atoms with E-state index in [1.54, 1.807) is 0 Å². The minimum Gasteiger partial charge on any atom is -0.206 e. The van der Waals surface area contributed by atoms with Gasteiger partial charge in [0.1, 0.15) is 17.2 Å². The number of rotatable bonds is 8. The molecule has 0 nitrogen and oxygen atoms in total. The predicted octanol–water partition coefficient (Wildman–Crippen LogP) is 9.59. The zero-order valence-electron chi connectivity index (χ0n) is 19.2. The van der Waals surface area contributed by atoms with Gasteiger partial charge in [-0.2, -0.15) is 13.2 Å². The van der Waals surface area contributed by atoms with Crippen LogP contribution in [0.15, 0.2) is 24.3 Å². The van der Waals surface area contributed by atoms with Crippen molar-refractivity contribution in [2.45, 2.75) is 102 Å². The third kappa shape index (κ3) is 7.05. The summed E-state index contributed by atoms with van der Waals surface area (Å²) in [5, 5.41) is 0. The molecule has 180 valence electrons. The van der Waals surface area contributed by atoms with Crippen LogP contribution in [0.4, 0.5) is 22.0 Å². The Morgan fingerprint density at radius 3 is 1.72 bits per heavy atom. The van der Waals surface area contributed by atoms with Crippen LogP contribution in [0, 0.1) is 29.4 Å². The molecular formula is C27H37F5. The molecule has 0 N–H and O–H groups in total. The first-order valence-electron chi connectivity index (χ1n) is 12.4. The fraction of sp³-hybridized carbons (Fsp3) is 0.704. The number of allylic oxidation sites excluding steroid dienone is 2. The standard InChI is InChI=1S/C27H37F5/c1-2-3-4-5-6-19-7-9-20(10-8-19)11-12-21-13-15-22(16-14-21)23-17-24(28)26(25(29)18-23)27(30,31)32/h2-3,17-22H,4-16H2,1H3/b3-2+/t19-,20-,21-,22-. The second-order valence-electron chi connectivity index (χ2n) is 10.0. The van der Waals surface area contributed by atoms with Crippen molar-refractivity contribution in [2.75, 3.05) is 0 Å². The number of unbranched alkanes of at least 4 members (excludes halogenated alkanes) is 1. The van der Waals surface area contributed by atoms with E-state index in [2.05, 4.69) is 19.1 Å². The molecule has 0 atom stereocenters. The molecule has 2 saturated carbocycles. The summed E-state index contributed by atoms with van der Waals surface area (Å²) in [6.45, 7) is 2.08. The van der Waals surface area contributed by atoms with Gasteiger partial charge >= 0.3 is 6.18 Å². The van der Waals surface area contributed by atoms with Gasteiger partial charge in [-0.05, 0) is 86.8 Å². The van der Waals surface area contributed by atoms with E-state index in [1.807, 2.05) is 0 Å². The number of halogens is 5. The molecule has 0 amide bonds. The van der Waals surface area contributed by atoms with Crippen LogP contribution in [0.3, 0.4) is 0 Å². The summed E-state index contributed by atoms with van der Waals surface area (Å²) >= 11 is 0. The van der Waals surface area contributed by atoms with Gasteiger partial charge in [-0.1, -0.05) is 57.1 Å². The van der Waals surface area contributed by atoms with E-state index < -0.39 is 23.4 Å². The first kappa shape index (κ1) is 25.2. The lowest BCUT2D eigenvalue weighted by atomic mass is 9.74. The summed E-state index contributed by atoms with van der Waals surface area (Å²) in [6, 6.07) is 1.79. The van der Waals surface area contributed by atoms with Gasteiger partial charge in [-0.3, -0.25) is 0 Å². The largest absolute Gasteiger partial charge is 0.422 e. The zero-order valence-corrected chi connectivity index (χ0v) is 19.2. The lowest BCUT2D eigenvalue weighted by Crippen LogP contribution is -2.18. The van der Waals surface area contributed by atoms with Gasteiger partial charge in [0, 0.05) is 0 Å². The van der Waals surface area contributed by atoms with Gasteiger partial charge in [0.2, 0.25) is 0 Å². The maximum absolute atomic E-state index is 13.9. The van der Waals surface area contributed by atoms with Gasteiger partial charge in [-0.15, -0.1) is 0 Å². The molecule has 0 aromatic heterocycles. The molecule has 0 bridgehead atoms. The van der Waals surface area contributed by atoms with E-state index in [4.69, 9.17) is 0 Å². The summed E-state index contributed by atoms with van der Waals surface area (Å²) in [5.74, 6) is -0.669. The van der Waals surface area contributed by atoms with Crippen LogP contribution in [-0.2, 0) is 6.18 Å². The van der Waals surface area contributed by atoms with Crippen molar-refractivity contribution in [1.29, 1.82) is 0 Å². The molecule has 0 aliphatic heterocycles. The van der Waals surface area contributed by atoms with Crippen molar-refractivity contribution in [3.8, 4) is 0 Å². The Morgan fingerprint density at radius 1 is 0.781 bits per heavy atom. The molecule has 2 aliphatic carbocycles. The molecule has 0 saturated heterocycles. The Balaban J connectivity index is 1.39. The third-order valence-corrected chi connectivity index (χ3v) is 7.83. The van der Waals surface area contributed by atoms with Crippen LogP contribution < -0.4 is 0 Å². The Morgan fingerprint density at radius 2 is 1.25 bits per heavy atom. The lowest BCUT2D eigenvalue weighted by molar-refractivity contribution is -0.142. The molecule has 5 heteroatoms. The molecule has 0 heterocycles. The van der Waals surface area contributed by atoms with Gasteiger partial charge in [0.05, 0.1) is 0 Å². The molecule has 32 heavy (non-hydrogen) atoms. The topological polar surface area (TPSA) is 0 Å². The highest BCUT2D eigenvalue weighted by Crippen LogP contribution is 2.42. The average Bonchev–Trinajstić information content (AvgIpc) is 2.75. The van der Waals surface area contributed by atoms with E-state index in [9.17, 15) is 22.0 Å². The maximum Gasteiger partial charge on any atom is 0.422 e. The number of hydrogen-bond acceptors (Lipinski definition) is 0. The molecular weight excluding hydrogens is 419 g/mol. The number of hydrogen-bond donors (Lipinski definition) is 0. The van der Waals surface area contributed by atoms with Crippen LogP contribution in [0.5, 0.6) is 0 Å². The fourth-order valence-electron chi connectivity index (χ4n) is 5.85. The van der Waals surface area contributed by atoms with Crippen LogP contribution in [0.2, 0.25) is 0 Å². The lowest BCUT2D eigenvalue weighted by Gasteiger charge is -2.32. The van der Waals surface area contributed by atoms with Crippen molar-refractivity contribution < 1.29 is 22.0 Å². The molecule has 0 spiro atoms. The molecule has 3 rings (SSSR count). The number of alkyl halides is 3. The highest BCUT2D eigenvalue weighted by Gasteiger charge is 2.38. The second-order valence-corrected chi connectivity index (χ2v) is 10.0. The van der Waals surface area contributed by atoms with Crippen molar-refractivity contribution in [1.82, 2.24) is 0 Å². The van der Waals surface area contributed by atoms with E-state index in [0.717, 1.165) is 49.7 Å². The predicted molar refractivity (Wildman–Crippen MR) is 119 cm³/mol. The normalized spacial score (nSPS) is 27.2. The molecule has 1 aromatic rings. The van der Waals surface area contributed by atoms with Crippen molar-refractivity contribution in [3.05, 3.63) is 47.0 Å². The quantitative estimate of drug-likeness (QED) is 0.207. The van der Waals surface area contributed by atoms with Crippen molar-refractivity contribution >= 4 is 0 Å². The summed E-state index contributed by atoms with van der Waals surface area (Å²) in [5.41, 5.74) is -1.40. The highest BCUT2D eigenvalue weighted by molar-refractivity contribution is 5.30. The van der Waals surface area contributed by atoms with Gasteiger partial charge < -0.3 is 0 Å². The zero-order chi connectivity index (χ0) is 23.1.